The van der Waals surface area contributed by atoms with Crippen LogP contribution in [-0.4, -0.2) is 23.1 Å². The van der Waals surface area contributed by atoms with E-state index in [4.69, 9.17) is 44.6 Å². The van der Waals surface area contributed by atoms with Gasteiger partial charge in [0.2, 0.25) is 5.91 Å². The summed E-state index contributed by atoms with van der Waals surface area (Å²) in [6.45, 7) is 1.79. The molecule has 2 atom stereocenters. The number of methoxy groups -OCH3 is 1. The molecule has 2 aromatic carbocycles. The summed E-state index contributed by atoms with van der Waals surface area (Å²) in [5.74, 6) is 1.73. The zero-order valence-electron chi connectivity index (χ0n) is 20.6. The van der Waals surface area contributed by atoms with Gasteiger partial charge >= 0.3 is 0 Å². The van der Waals surface area contributed by atoms with E-state index in [0.717, 1.165) is 16.9 Å². The summed E-state index contributed by atoms with van der Waals surface area (Å²) in [5.41, 5.74) is 2.97. The van der Waals surface area contributed by atoms with E-state index < -0.39 is 0 Å². The molecular formula is C28H24Cl2N4O3S. The summed E-state index contributed by atoms with van der Waals surface area (Å²) in [6, 6.07) is 19.8. The summed E-state index contributed by atoms with van der Waals surface area (Å²) in [5, 5.41) is 7.70. The van der Waals surface area contributed by atoms with Crippen molar-refractivity contribution >= 4 is 57.8 Å². The highest BCUT2D eigenvalue weighted by Crippen LogP contribution is 2.44. The molecule has 0 saturated carbocycles. The minimum absolute atomic E-state index is 0.104. The van der Waals surface area contributed by atoms with Crippen LogP contribution in [0, 0.1) is 0 Å². The number of thiocarbonyl (C=S) groups is 1. The summed E-state index contributed by atoms with van der Waals surface area (Å²) in [4.78, 5) is 18.5. The van der Waals surface area contributed by atoms with Crippen LogP contribution in [0.15, 0.2) is 77.3 Å². The lowest BCUT2D eigenvalue weighted by Crippen LogP contribution is -2.29. The largest absolute Gasteiger partial charge is 0.494 e. The van der Waals surface area contributed by atoms with Gasteiger partial charge in [0.1, 0.15) is 23.3 Å². The van der Waals surface area contributed by atoms with E-state index >= 15 is 0 Å². The van der Waals surface area contributed by atoms with Crippen LogP contribution in [0.3, 0.4) is 0 Å². The van der Waals surface area contributed by atoms with E-state index in [1.54, 1.807) is 38.4 Å². The average Bonchev–Trinajstić information content (AvgIpc) is 3.55. The third-order valence-electron chi connectivity index (χ3n) is 6.28. The van der Waals surface area contributed by atoms with Crippen molar-refractivity contribution < 1.29 is 13.9 Å². The molecule has 5 rings (SSSR count). The molecule has 0 unspecified atom stereocenters. The Morgan fingerprint density at radius 3 is 2.68 bits per heavy atom. The van der Waals surface area contributed by atoms with Crippen molar-refractivity contribution in [2.75, 3.05) is 17.3 Å². The fourth-order valence-electron chi connectivity index (χ4n) is 4.41. The van der Waals surface area contributed by atoms with Crippen LogP contribution in [0.5, 0.6) is 5.75 Å². The summed E-state index contributed by atoms with van der Waals surface area (Å²) >= 11 is 18.2. The Morgan fingerprint density at radius 2 is 1.97 bits per heavy atom. The van der Waals surface area contributed by atoms with Gasteiger partial charge in [-0.15, -0.1) is 0 Å². The third kappa shape index (κ3) is 5.07. The topological polar surface area (TPSA) is 79.6 Å². The van der Waals surface area contributed by atoms with Crippen LogP contribution >= 0.6 is 35.4 Å². The first-order chi connectivity index (χ1) is 18.4. The highest BCUT2D eigenvalue weighted by Gasteiger charge is 2.42. The van der Waals surface area contributed by atoms with Gasteiger partial charge in [-0.1, -0.05) is 36.2 Å². The molecule has 38 heavy (non-hydrogen) atoms. The van der Waals surface area contributed by atoms with Crippen molar-refractivity contribution in [1.29, 1.82) is 0 Å². The van der Waals surface area contributed by atoms with Crippen molar-refractivity contribution in [3.8, 4) is 17.1 Å². The van der Waals surface area contributed by atoms with E-state index in [2.05, 4.69) is 15.6 Å². The van der Waals surface area contributed by atoms with Crippen molar-refractivity contribution in [3.05, 3.63) is 94.4 Å². The summed E-state index contributed by atoms with van der Waals surface area (Å²) < 4.78 is 12.0. The number of hydrogen-bond acceptors (Lipinski definition) is 5. The lowest BCUT2D eigenvalue weighted by Gasteiger charge is -2.27. The van der Waals surface area contributed by atoms with Crippen LogP contribution in [0.4, 0.5) is 11.4 Å². The maximum Gasteiger partial charge on any atom is 0.224 e. The molecule has 4 aromatic rings. The standard InChI is InChI=1S/C28H24Cl2N4O3S/c1-3-25(35)32-20-10-8-17(15-24(20)36-2)34-27(26(33-28(34)38)21-6-4-5-13-31-21)23-12-11-22(37-23)16-7-9-18(29)19(30)14-16/h4-15,26-27H,3H2,1-2H3,(H,32,35)(H,33,38)/t26-,27+/m0/s1. The Balaban J connectivity index is 1.58. The molecule has 0 spiro atoms. The smallest absolute Gasteiger partial charge is 0.224 e. The monoisotopic (exact) mass is 566 g/mol. The number of nitrogens with one attached hydrogen (secondary N) is 2. The molecule has 0 aliphatic carbocycles. The molecule has 1 fully saturated rings. The normalized spacial score (nSPS) is 16.8. The molecular weight excluding hydrogens is 543 g/mol. The summed E-state index contributed by atoms with van der Waals surface area (Å²) in [7, 11) is 1.56. The Bertz CT molecular complexity index is 1490. The molecule has 10 heteroatoms. The third-order valence-corrected chi connectivity index (χ3v) is 7.33. The molecule has 1 aliphatic rings. The van der Waals surface area contributed by atoms with Crippen LogP contribution < -0.4 is 20.3 Å². The Morgan fingerprint density at radius 1 is 1.13 bits per heavy atom. The molecule has 1 saturated heterocycles. The van der Waals surface area contributed by atoms with Gasteiger partial charge in [-0.25, -0.2) is 0 Å². The predicted octanol–water partition coefficient (Wildman–Crippen LogP) is 7.18. The Labute approximate surface area is 235 Å². The maximum atomic E-state index is 12.0. The quantitative estimate of drug-likeness (QED) is 0.229. The molecule has 1 aliphatic heterocycles. The number of carbonyl (C=O) groups excluding carboxylic acids is 1. The number of nitrogens with zero attached hydrogens (tertiary/aromatic N) is 2. The van der Waals surface area contributed by atoms with E-state index in [0.29, 0.717) is 44.5 Å². The number of amides is 1. The fourth-order valence-corrected chi connectivity index (χ4v) is 5.05. The van der Waals surface area contributed by atoms with Crippen LogP contribution in [0.2, 0.25) is 10.0 Å². The van der Waals surface area contributed by atoms with E-state index in [-0.39, 0.29) is 18.0 Å². The number of anilines is 2. The molecule has 0 radical (unpaired) electrons. The average molecular weight is 567 g/mol. The second kappa shape index (κ2) is 11.0. The van der Waals surface area contributed by atoms with Gasteiger partial charge in [0.15, 0.2) is 5.11 Å². The van der Waals surface area contributed by atoms with Gasteiger partial charge in [0.05, 0.1) is 34.6 Å². The van der Waals surface area contributed by atoms with Gasteiger partial charge in [0.25, 0.3) is 0 Å². The van der Waals surface area contributed by atoms with Crippen molar-refractivity contribution in [3.63, 3.8) is 0 Å². The molecule has 194 valence electrons. The van der Waals surface area contributed by atoms with E-state index in [9.17, 15) is 4.79 Å². The number of carbonyl (C=O) groups is 1. The van der Waals surface area contributed by atoms with E-state index in [1.165, 1.54) is 0 Å². The van der Waals surface area contributed by atoms with Crippen molar-refractivity contribution in [2.45, 2.75) is 25.4 Å². The van der Waals surface area contributed by atoms with Crippen LogP contribution in [0.25, 0.3) is 11.3 Å². The van der Waals surface area contributed by atoms with Crippen molar-refractivity contribution in [1.82, 2.24) is 10.3 Å². The second-order valence-corrected chi connectivity index (χ2v) is 9.81. The number of rotatable bonds is 7. The summed E-state index contributed by atoms with van der Waals surface area (Å²) in [6.07, 6.45) is 2.11. The van der Waals surface area contributed by atoms with Crippen LogP contribution in [0.1, 0.15) is 36.9 Å². The maximum absolute atomic E-state index is 12.0. The molecule has 1 amide bonds. The Hall–Kier alpha value is -3.59. The van der Waals surface area contributed by atoms with E-state index in [1.807, 2.05) is 53.4 Å². The zero-order chi connectivity index (χ0) is 26.8. The Kier molecular flexibility index (Phi) is 7.56. The molecule has 2 N–H and O–H groups in total. The highest BCUT2D eigenvalue weighted by molar-refractivity contribution is 7.80. The van der Waals surface area contributed by atoms with Gasteiger partial charge in [-0.05, 0) is 66.8 Å². The number of hydrogen-bond donors (Lipinski definition) is 2. The lowest BCUT2D eigenvalue weighted by molar-refractivity contribution is -0.115. The first-order valence-electron chi connectivity index (χ1n) is 11.9. The fraction of sp³-hybridized carbons (Fsp3) is 0.179. The molecule has 3 heterocycles. The number of benzene rings is 2. The van der Waals surface area contributed by atoms with Crippen LogP contribution in [-0.2, 0) is 4.79 Å². The minimum atomic E-state index is -0.366. The molecule has 0 bridgehead atoms. The minimum Gasteiger partial charge on any atom is -0.494 e. The first kappa shape index (κ1) is 26.0. The predicted molar refractivity (Wildman–Crippen MR) is 154 cm³/mol. The number of ether oxygens (including phenoxy) is 1. The van der Waals surface area contributed by atoms with Gasteiger partial charge in [-0.2, -0.15) is 0 Å². The van der Waals surface area contributed by atoms with Gasteiger partial charge in [0, 0.05) is 29.9 Å². The highest BCUT2D eigenvalue weighted by atomic mass is 35.5. The van der Waals surface area contributed by atoms with Gasteiger partial charge < -0.3 is 24.7 Å². The number of pyridine rings is 1. The van der Waals surface area contributed by atoms with Gasteiger partial charge in [-0.3, -0.25) is 9.78 Å². The number of furan rings is 1. The number of halogens is 2. The SMILES string of the molecule is CCC(=O)Nc1ccc(N2C(=S)N[C@@H](c3ccccn3)[C@H]2c2ccc(-c3ccc(Cl)c(Cl)c3)o2)cc1OC. The second-order valence-electron chi connectivity index (χ2n) is 8.61. The first-order valence-corrected chi connectivity index (χ1v) is 13.1. The zero-order valence-corrected chi connectivity index (χ0v) is 22.9. The molecule has 2 aromatic heterocycles. The number of aromatic nitrogens is 1. The molecule has 7 nitrogen and oxygen atoms in total. The lowest BCUT2D eigenvalue weighted by atomic mass is 10.0. The van der Waals surface area contributed by atoms with Crippen molar-refractivity contribution in [2.24, 2.45) is 0 Å².